The molecule has 2 bridgehead atoms. The molecule has 2 aromatic carbocycles. The summed E-state index contributed by atoms with van der Waals surface area (Å²) in [6.45, 7) is 0.322. The Labute approximate surface area is 205 Å². The molecular weight excluding hydrogens is 443 g/mol. The molecular formula is C29H31FN2O3. The first-order valence-electron chi connectivity index (χ1n) is 12.4. The first-order valence-corrected chi connectivity index (χ1v) is 12.4. The van der Waals surface area contributed by atoms with Crippen molar-refractivity contribution in [3.05, 3.63) is 89.0 Å². The standard InChI is InChI=1S/C29H31FN2O3/c30-26-17-32-9-8-21(26)15-27(33)22-6-7-24(16-31)25(14-22)20-3-1-2-18(10-20)13-29(34)35-28-12-19-4-5-23(28)11-19/h1-3,6-10,14,17,19,23,28-29,34H,4-5,11-13,15-16,31H2. The fraction of sp³-hybridized carbons (Fsp3) is 0.379. The topological polar surface area (TPSA) is 85.4 Å². The summed E-state index contributed by atoms with van der Waals surface area (Å²) in [5.74, 6) is 0.693. The molecule has 4 atom stereocenters. The lowest BCUT2D eigenvalue weighted by molar-refractivity contribution is -0.147. The van der Waals surface area contributed by atoms with E-state index in [0.717, 1.165) is 40.8 Å². The average molecular weight is 475 g/mol. The number of pyridine rings is 1. The second kappa shape index (κ2) is 10.4. The molecule has 0 radical (unpaired) electrons. The largest absolute Gasteiger partial charge is 0.368 e. The normalized spacial score (nSPS) is 21.9. The van der Waals surface area contributed by atoms with Crippen LogP contribution in [-0.2, 0) is 24.1 Å². The Morgan fingerprint density at radius 2 is 2.03 bits per heavy atom. The van der Waals surface area contributed by atoms with Crippen LogP contribution in [0, 0.1) is 17.7 Å². The molecule has 0 amide bonds. The van der Waals surface area contributed by atoms with Crippen LogP contribution < -0.4 is 5.73 Å². The number of Topliss-reactive ketones (excluding diaryl/α,β-unsaturated/α-hetero) is 1. The maximum atomic E-state index is 14.0. The van der Waals surface area contributed by atoms with Gasteiger partial charge in [-0.15, -0.1) is 0 Å². The predicted octanol–water partition coefficient (Wildman–Crippen LogP) is 4.84. The van der Waals surface area contributed by atoms with E-state index in [1.807, 2.05) is 36.4 Å². The molecule has 0 aliphatic heterocycles. The number of aliphatic hydroxyl groups excluding tert-OH is 1. The van der Waals surface area contributed by atoms with Crippen molar-refractivity contribution in [3.8, 4) is 11.1 Å². The Balaban J connectivity index is 1.32. The summed E-state index contributed by atoms with van der Waals surface area (Å²) in [5, 5.41) is 10.6. The SMILES string of the molecule is NCc1ccc(C(=O)Cc2ccncc2F)cc1-c1cccc(CC(O)OC2CC3CCC2C3)c1. The molecule has 5 nitrogen and oxygen atoms in total. The zero-order chi connectivity index (χ0) is 24.4. The molecule has 2 aliphatic rings. The number of carbonyl (C=O) groups is 1. The molecule has 3 N–H and O–H groups in total. The van der Waals surface area contributed by atoms with Crippen LogP contribution in [0.1, 0.15) is 52.7 Å². The minimum Gasteiger partial charge on any atom is -0.368 e. The third-order valence-corrected chi connectivity index (χ3v) is 7.51. The number of nitrogens with two attached hydrogens (primary N) is 1. The summed E-state index contributed by atoms with van der Waals surface area (Å²) in [4.78, 5) is 16.7. The lowest BCUT2D eigenvalue weighted by Crippen LogP contribution is -2.28. The van der Waals surface area contributed by atoms with E-state index in [0.29, 0.717) is 30.0 Å². The number of halogens is 1. The molecule has 2 aliphatic carbocycles. The van der Waals surface area contributed by atoms with E-state index >= 15 is 0 Å². The summed E-state index contributed by atoms with van der Waals surface area (Å²) >= 11 is 0. The Bertz CT molecular complexity index is 1210. The highest BCUT2D eigenvalue weighted by Gasteiger charge is 2.41. The van der Waals surface area contributed by atoms with Crippen molar-refractivity contribution in [2.24, 2.45) is 17.6 Å². The molecule has 1 heterocycles. The molecule has 2 saturated carbocycles. The molecule has 1 aromatic heterocycles. The zero-order valence-electron chi connectivity index (χ0n) is 19.7. The summed E-state index contributed by atoms with van der Waals surface area (Å²) in [5.41, 5.74) is 10.5. The molecule has 0 saturated heterocycles. The van der Waals surface area contributed by atoms with Crippen molar-refractivity contribution in [2.75, 3.05) is 0 Å². The fourth-order valence-corrected chi connectivity index (χ4v) is 5.69. The van der Waals surface area contributed by atoms with Gasteiger partial charge in [0.1, 0.15) is 5.82 Å². The van der Waals surface area contributed by atoms with Crippen molar-refractivity contribution >= 4 is 5.78 Å². The molecule has 4 unspecified atom stereocenters. The van der Waals surface area contributed by atoms with Crippen molar-refractivity contribution in [2.45, 2.75) is 57.5 Å². The van der Waals surface area contributed by atoms with E-state index < -0.39 is 12.1 Å². The van der Waals surface area contributed by atoms with Crippen molar-refractivity contribution in [3.63, 3.8) is 0 Å². The van der Waals surface area contributed by atoms with Gasteiger partial charge in [-0.2, -0.15) is 0 Å². The first kappa shape index (κ1) is 23.8. The monoisotopic (exact) mass is 474 g/mol. The van der Waals surface area contributed by atoms with Gasteiger partial charge >= 0.3 is 0 Å². The van der Waals surface area contributed by atoms with Gasteiger partial charge in [-0.3, -0.25) is 9.78 Å². The lowest BCUT2D eigenvalue weighted by Gasteiger charge is -2.25. The van der Waals surface area contributed by atoms with Gasteiger partial charge in [0.25, 0.3) is 0 Å². The van der Waals surface area contributed by atoms with Crippen molar-refractivity contribution < 1.29 is 19.0 Å². The van der Waals surface area contributed by atoms with Gasteiger partial charge < -0.3 is 15.6 Å². The van der Waals surface area contributed by atoms with Crippen molar-refractivity contribution in [1.29, 1.82) is 0 Å². The zero-order valence-corrected chi connectivity index (χ0v) is 19.7. The Morgan fingerprint density at radius 1 is 1.14 bits per heavy atom. The Kier molecular flexibility index (Phi) is 7.04. The van der Waals surface area contributed by atoms with E-state index in [1.54, 1.807) is 6.07 Å². The predicted molar refractivity (Wildman–Crippen MR) is 132 cm³/mol. The highest BCUT2D eigenvalue weighted by Crippen LogP contribution is 2.46. The number of rotatable bonds is 9. The van der Waals surface area contributed by atoms with Crippen molar-refractivity contribution in [1.82, 2.24) is 4.98 Å². The van der Waals surface area contributed by atoms with Crippen LogP contribution in [0.15, 0.2) is 60.9 Å². The second-order valence-electron chi connectivity index (χ2n) is 9.85. The fourth-order valence-electron chi connectivity index (χ4n) is 5.69. The molecule has 6 heteroatoms. The number of aromatic nitrogens is 1. The number of ether oxygens (including phenoxy) is 1. The molecule has 0 spiro atoms. The van der Waals surface area contributed by atoms with Gasteiger partial charge in [-0.1, -0.05) is 36.4 Å². The third-order valence-electron chi connectivity index (χ3n) is 7.51. The maximum Gasteiger partial charge on any atom is 0.167 e. The number of carbonyl (C=O) groups excluding carboxylic acids is 1. The number of ketones is 1. The minimum absolute atomic E-state index is 0.0393. The number of aliphatic hydroxyl groups is 1. The van der Waals surface area contributed by atoms with E-state index in [1.165, 1.54) is 31.5 Å². The van der Waals surface area contributed by atoms with E-state index in [4.69, 9.17) is 10.5 Å². The molecule has 182 valence electrons. The van der Waals surface area contributed by atoms with Crippen LogP contribution in [0.3, 0.4) is 0 Å². The van der Waals surface area contributed by atoms with Gasteiger partial charge in [-0.05, 0) is 77.5 Å². The maximum absolute atomic E-state index is 14.0. The number of hydrogen-bond donors (Lipinski definition) is 2. The van der Waals surface area contributed by atoms with Gasteiger partial charge in [0.2, 0.25) is 0 Å². The minimum atomic E-state index is -0.841. The van der Waals surface area contributed by atoms with Crippen LogP contribution in [-0.4, -0.2) is 28.3 Å². The lowest BCUT2D eigenvalue weighted by atomic mass is 9.93. The highest BCUT2D eigenvalue weighted by molar-refractivity contribution is 5.98. The van der Waals surface area contributed by atoms with E-state index in [-0.39, 0.29) is 18.3 Å². The smallest absolute Gasteiger partial charge is 0.167 e. The molecule has 5 rings (SSSR count). The summed E-state index contributed by atoms with van der Waals surface area (Å²) in [7, 11) is 0. The van der Waals surface area contributed by atoms with Gasteiger partial charge in [0.05, 0.1) is 12.3 Å². The Morgan fingerprint density at radius 3 is 2.77 bits per heavy atom. The van der Waals surface area contributed by atoms with Crippen LogP contribution in [0.5, 0.6) is 0 Å². The van der Waals surface area contributed by atoms with Gasteiger partial charge in [0, 0.05) is 31.1 Å². The van der Waals surface area contributed by atoms with Gasteiger partial charge in [0.15, 0.2) is 12.1 Å². The van der Waals surface area contributed by atoms with Gasteiger partial charge in [-0.25, -0.2) is 4.39 Å². The first-order chi connectivity index (χ1) is 17.0. The molecule has 2 fully saturated rings. The molecule has 35 heavy (non-hydrogen) atoms. The second-order valence-corrected chi connectivity index (χ2v) is 9.85. The van der Waals surface area contributed by atoms with Crippen LogP contribution in [0.2, 0.25) is 0 Å². The summed E-state index contributed by atoms with van der Waals surface area (Å²) in [6.07, 6.45) is 7.09. The van der Waals surface area contributed by atoms with Crippen LogP contribution in [0.4, 0.5) is 4.39 Å². The average Bonchev–Trinajstić information content (AvgIpc) is 3.48. The quantitative estimate of drug-likeness (QED) is 0.342. The van der Waals surface area contributed by atoms with E-state index in [2.05, 4.69) is 4.98 Å². The highest BCUT2D eigenvalue weighted by atomic mass is 19.1. The van der Waals surface area contributed by atoms with Crippen LogP contribution >= 0.6 is 0 Å². The number of benzene rings is 2. The Hall–Kier alpha value is -2.93. The summed E-state index contributed by atoms with van der Waals surface area (Å²) in [6, 6.07) is 14.8. The summed E-state index contributed by atoms with van der Waals surface area (Å²) < 4.78 is 20.0. The van der Waals surface area contributed by atoms with E-state index in [9.17, 15) is 14.3 Å². The third kappa shape index (κ3) is 5.35. The number of hydrogen-bond acceptors (Lipinski definition) is 5. The number of fused-ring (bicyclic) bond motifs is 2. The van der Waals surface area contributed by atoms with Crippen LogP contribution in [0.25, 0.3) is 11.1 Å². The molecule has 3 aromatic rings. The number of nitrogens with zero attached hydrogens (tertiary/aromatic N) is 1.